The van der Waals surface area contributed by atoms with Crippen molar-refractivity contribution in [1.82, 2.24) is 15.2 Å². The van der Waals surface area contributed by atoms with Crippen LogP contribution in [0.4, 0.5) is 5.69 Å². The number of halogens is 1. The molecule has 7 heteroatoms. The van der Waals surface area contributed by atoms with Crippen molar-refractivity contribution in [1.29, 1.82) is 0 Å². The molecular weight excluding hydrogens is 356 g/mol. The van der Waals surface area contributed by atoms with Gasteiger partial charge in [-0.3, -0.25) is 0 Å². The largest absolute Gasteiger partial charge is 0.448 e. The molecule has 0 saturated carbocycles. The predicted molar refractivity (Wildman–Crippen MR) is 100 cm³/mol. The maximum atomic E-state index is 6.37. The van der Waals surface area contributed by atoms with Crippen LogP contribution in [0.3, 0.4) is 0 Å². The first-order valence-electron chi connectivity index (χ1n) is 7.91. The molecular formula is C18H15ClN4OS. The highest BCUT2D eigenvalue weighted by molar-refractivity contribution is 7.99. The third kappa shape index (κ3) is 3.15. The smallest absolute Gasteiger partial charge is 0.247 e. The number of para-hydroxylation sites is 1. The van der Waals surface area contributed by atoms with Crippen LogP contribution in [0.1, 0.15) is 18.7 Å². The molecule has 3 aromatic rings. The normalized spacial score (nSPS) is 15.4. The molecule has 0 spiro atoms. The van der Waals surface area contributed by atoms with Crippen molar-refractivity contribution in [2.75, 3.05) is 11.1 Å². The van der Waals surface area contributed by atoms with Crippen molar-refractivity contribution < 1.29 is 4.74 Å². The molecule has 1 aliphatic rings. The van der Waals surface area contributed by atoms with E-state index in [1.807, 2.05) is 55.5 Å². The number of thioether (sulfide) groups is 1. The number of fused-ring (bicyclic) bond motifs is 3. The summed E-state index contributed by atoms with van der Waals surface area (Å²) in [5.74, 6) is 1.32. The fraction of sp³-hybridized carbons (Fsp3) is 0.167. The monoisotopic (exact) mass is 370 g/mol. The predicted octanol–water partition coefficient (Wildman–Crippen LogP) is 4.81. The van der Waals surface area contributed by atoms with Crippen LogP contribution in [0.25, 0.3) is 11.3 Å². The molecule has 126 valence electrons. The van der Waals surface area contributed by atoms with E-state index in [2.05, 4.69) is 20.5 Å². The summed E-state index contributed by atoms with van der Waals surface area (Å²) in [6, 6.07) is 15.5. The zero-order chi connectivity index (χ0) is 17.2. The second-order valence-electron chi connectivity index (χ2n) is 5.39. The van der Waals surface area contributed by atoms with Crippen molar-refractivity contribution in [3.8, 4) is 17.1 Å². The quantitative estimate of drug-likeness (QED) is 0.668. The van der Waals surface area contributed by atoms with Gasteiger partial charge in [0.15, 0.2) is 11.9 Å². The molecule has 0 saturated heterocycles. The van der Waals surface area contributed by atoms with Crippen molar-refractivity contribution >= 4 is 29.1 Å². The summed E-state index contributed by atoms with van der Waals surface area (Å²) < 4.78 is 6.17. The highest BCUT2D eigenvalue weighted by Gasteiger charge is 2.26. The van der Waals surface area contributed by atoms with Crippen molar-refractivity contribution in [3.63, 3.8) is 0 Å². The van der Waals surface area contributed by atoms with E-state index in [9.17, 15) is 0 Å². The van der Waals surface area contributed by atoms with Crippen LogP contribution in [0.5, 0.6) is 5.88 Å². The van der Waals surface area contributed by atoms with E-state index in [1.165, 1.54) is 11.8 Å². The molecule has 1 N–H and O–H groups in total. The molecule has 2 heterocycles. The van der Waals surface area contributed by atoms with Gasteiger partial charge in [0.25, 0.3) is 0 Å². The van der Waals surface area contributed by atoms with Gasteiger partial charge in [-0.2, -0.15) is 4.98 Å². The summed E-state index contributed by atoms with van der Waals surface area (Å²) in [5.41, 5.74) is 3.27. The molecule has 4 rings (SSSR count). The summed E-state index contributed by atoms with van der Waals surface area (Å²) in [6.45, 7) is 2.05. The number of anilines is 1. The van der Waals surface area contributed by atoms with Crippen LogP contribution in [0, 0.1) is 0 Å². The fourth-order valence-corrected chi connectivity index (χ4v) is 3.41. The van der Waals surface area contributed by atoms with Gasteiger partial charge in [0, 0.05) is 21.8 Å². The maximum Gasteiger partial charge on any atom is 0.247 e. The lowest BCUT2D eigenvalue weighted by atomic mass is 10.1. The van der Waals surface area contributed by atoms with Crippen LogP contribution in [-0.4, -0.2) is 20.9 Å². The minimum absolute atomic E-state index is 0.452. The number of rotatable bonds is 3. The number of benzene rings is 2. The van der Waals surface area contributed by atoms with Gasteiger partial charge in [-0.05, 0) is 17.9 Å². The number of ether oxygens (including phenoxy) is 1. The van der Waals surface area contributed by atoms with Gasteiger partial charge in [0.05, 0.1) is 0 Å². The summed E-state index contributed by atoms with van der Waals surface area (Å²) >= 11 is 7.90. The van der Waals surface area contributed by atoms with Gasteiger partial charge >= 0.3 is 0 Å². The number of nitrogens with zero attached hydrogens (tertiary/aromatic N) is 3. The van der Waals surface area contributed by atoms with Gasteiger partial charge in [0.2, 0.25) is 11.0 Å². The van der Waals surface area contributed by atoms with Crippen molar-refractivity contribution in [3.05, 3.63) is 59.1 Å². The Morgan fingerprint density at radius 2 is 1.92 bits per heavy atom. The van der Waals surface area contributed by atoms with Gasteiger partial charge in [-0.25, -0.2) is 0 Å². The van der Waals surface area contributed by atoms with Crippen LogP contribution >= 0.6 is 23.4 Å². The maximum absolute atomic E-state index is 6.37. The molecule has 0 amide bonds. The highest BCUT2D eigenvalue weighted by atomic mass is 35.5. The van der Waals surface area contributed by atoms with E-state index in [0.29, 0.717) is 21.8 Å². The molecule has 1 unspecified atom stereocenters. The Morgan fingerprint density at radius 3 is 2.76 bits per heavy atom. The molecule has 0 fully saturated rings. The molecule has 0 aliphatic carbocycles. The van der Waals surface area contributed by atoms with E-state index < -0.39 is 6.23 Å². The lowest BCUT2D eigenvalue weighted by Crippen LogP contribution is -2.17. The summed E-state index contributed by atoms with van der Waals surface area (Å²) in [5, 5.41) is 13.2. The van der Waals surface area contributed by atoms with E-state index >= 15 is 0 Å². The van der Waals surface area contributed by atoms with Gasteiger partial charge in [-0.15, -0.1) is 10.2 Å². The first-order chi connectivity index (χ1) is 12.3. The lowest BCUT2D eigenvalue weighted by molar-refractivity contribution is 0.225. The van der Waals surface area contributed by atoms with Crippen LogP contribution in [0.2, 0.25) is 5.02 Å². The molecule has 0 radical (unpaired) electrons. The number of aromatic nitrogens is 3. The standard InChI is InChI=1S/C18H15ClN4OS/c1-2-25-18-21-17-15(22-23-18)12-8-4-6-10-14(12)20-16(24-17)11-7-3-5-9-13(11)19/h3-10,16,20H,2H2,1H3. The molecule has 1 aliphatic heterocycles. The Balaban J connectivity index is 1.85. The van der Waals surface area contributed by atoms with Gasteiger partial charge in [0.1, 0.15) is 0 Å². The Bertz CT molecular complexity index is 921. The van der Waals surface area contributed by atoms with Crippen molar-refractivity contribution in [2.45, 2.75) is 18.3 Å². The highest BCUT2D eigenvalue weighted by Crippen LogP contribution is 2.40. The molecule has 2 aromatic carbocycles. The SMILES string of the molecule is CCSc1nnc2c(n1)OC(c1ccccc1Cl)Nc1ccccc1-2. The van der Waals surface area contributed by atoms with Crippen molar-refractivity contribution in [2.24, 2.45) is 0 Å². The van der Waals surface area contributed by atoms with E-state index in [4.69, 9.17) is 16.3 Å². The summed E-state index contributed by atoms with van der Waals surface area (Å²) in [6.07, 6.45) is -0.465. The van der Waals surface area contributed by atoms with Gasteiger partial charge < -0.3 is 10.1 Å². The Kier molecular flexibility index (Phi) is 4.46. The van der Waals surface area contributed by atoms with E-state index in [-0.39, 0.29) is 0 Å². The first kappa shape index (κ1) is 16.2. The van der Waals surface area contributed by atoms with Crippen LogP contribution in [-0.2, 0) is 0 Å². The second-order valence-corrected chi connectivity index (χ2v) is 7.03. The topological polar surface area (TPSA) is 59.9 Å². The summed E-state index contributed by atoms with van der Waals surface area (Å²) in [7, 11) is 0. The summed E-state index contributed by atoms with van der Waals surface area (Å²) in [4.78, 5) is 4.55. The van der Waals surface area contributed by atoms with Gasteiger partial charge in [-0.1, -0.05) is 66.7 Å². The lowest BCUT2D eigenvalue weighted by Gasteiger charge is -2.20. The molecule has 1 aromatic heterocycles. The number of hydrogen-bond donors (Lipinski definition) is 1. The number of hydrogen-bond acceptors (Lipinski definition) is 6. The molecule has 25 heavy (non-hydrogen) atoms. The van der Waals surface area contributed by atoms with E-state index in [1.54, 1.807) is 0 Å². The molecule has 0 bridgehead atoms. The average molecular weight is 371 g/mol. The third-order valence-electron chi connectivity index (χ3n) is 3.79. The Labute approximate surface area is 154 Å². The average Bonchev–Trinajstić information content (AvgIpc) is 2.79. The van der Waals surface area contributed by atoms with Crippen LogP contribution in [0.15, 0.2) is 53.7 Å². The van der Waals surface area contributed by atoms with Crippen LogP contribution < -0.4 is 10.1 Å². The second kappa shape index (κ2) is 6.90. The van der Waals surface area contributed by atoms with E-state index in [0.717, 1.165) is 22.6 Å². The minimum atomic E-state index is -0.465. The minimum Gasteiger partial charge on any atom is -0.448 e. The third-order valence-corrected chi connectivity index (χ3v) is 4.86. The fourth-order valence-electron chi connectivity index (χ4n) is 2.67. The molecule has 5 nitrogen and oxygen atoms in total. The Hall–Kier alpha value is -2.31. The zero-order valence-electron chi connectivity index (χ0n) is 13.4. The number of nitrogens with one attached hydrogen (secondary N) is 1. The zero-order valence-corrected chi connectivity index (χ0v) is 15.0. The Morgan fingerprint density at radius 1 is 1.12 bits per heavy atom. The first-order valence-corrected chi connectivity index (χ1v) is 9.27. The molecule has 1 atom stereocenters.